The second-order valence-electron chi connectivity index (χ2n) is 5.97. The second kappa shape index (κ2) is 7.62. The van der Waals surface area contributed by atoms with Crippen LogP contribution in [0.25, 0.3) is 10.8 Å². The number of hydrogen-bond acceptors (Lipinski definition) is 2. The molecule has 0 bridgehead atoms. The number of hydrogen-bond donors (Lipinski definition) is 2. The molecule has 2 amide bonds. The fraction of sp³-hybridized carbons (Fsp3) is 0.143. The first-order chi connectivity index (χ1) is 12.1. The molecule has 0 aliphatic rings. The number of carbonyl (C=O) groups excluding carboxylic acids is 2. The Kier molecular flexibility index (Phi) is 5.09. The predicted molar refractivity (Wildman–Crippen MR) is 99.1 cm³/mol. The maximum Gasteiger partial charge on any atom is 0.251 e. The molecule has 126 valence electrons. The fourth-order valence-corrected chi connectivity index (χ4v) is 2.63. The van der Waals surface area contributed by atoms with Gasteiger partial charge in [0, 0.05) is 25.6 Å². The van der Waals surface area contributed by atoms with Gasteiger partial charge in [-0.2, -0.15) is 0 Å². The van der Waals surface area contributed by atoms with Crippen molar-refractivity contribution in [3.8, 4) is 0 Å². The molecule has 0 aromatic heterocycles. The molecule has 0 atom stereocenters. The lowest BCUT2D eigenvalue weighted by Crippen LogP contribution is -2.23. The molecule has 0 aliphatic heterocycles. The lowest BCUT2D eigenvalue weighted by Gasteiger charge is -2.08. The topological polar surface area (TPSA) is 58.2 Å². The van der Waals surface area contributed by atoms with Gasteiger partial charge in [-0.15, -0.1) is 0 Å². The van der Waals surface area contributed by atoms with Crippen molar-refractivity contribution >= 4 is 22.6 Å². The summed E-state index contributed by atoms with van der Waals surface area (Å²) >= 11 is 0. The van der Waals surface area contributed by atoms with Crippen LogP contribution in [0.15, 0.2) is 66.7 Å². The highest BCUT2D eigenvalue weighted by atomic mass is 16.2. The lowest BCUT2D eigenvalue weighted by molar-refractivity contribution is -0.119. The van der Waals surface area contributed by atoms with Crippen LogP contribution in [0.2, 0.25) is 0 Å². The molecule has 25 heavy (non-hydrogen) atoms. The van der Waals surface area contributed by atoms with Gasteiger partial charge in [-0.05, 0) is 40.1 Å². The first-order valence-electron chi connectivity index (χ1n) is 8.21. The Morgan fingerprint density at radius 1 is 0.760 bits per heavy atom. The van der Waals surface area contributed by atoms with Crippen LogP contribution in [0.1, 0.15) is 28.4 Å². The van der Waals surface area contributed by atoms with Gasteiger partial charge in [0.15, 0.2) is 0 Å². The third kappa shape index (κ3) is 4.44. The van der Waals surface area contributed by atoms with Crippen LogP contribution < -0.4 is 10.6 Å². The van der Waals surface area contributed by atoms with Crippen LogP contribution in [0.4, 0.5) is 0 Å². The first kappa shape index (κ1) is 16.7. The van der Waals surface area contributed by atoms with Gasteiger partial charge < -0.3 is 10.6 Å². The van der Waals surface area contributed by atoms with Crippen molar-refractivity contribution in [3.05, 3.63) is 83.4 Å². The van der Waals surface area contributed by atoms with E-state index in [1.54, 1.807) is 12.1 Å². The molecule has 0 heterocycles. The van der Waals surface area contributed by atoms with E-state index in [0.29, 0.717) is 18.7 Å². The van der Waals surface area contributed by atoms with Gasteiger partial charge in [-0.25, -0.2) is 0 Å². The zero-order chi connectivity index (χ0) is 17.6. The Morgan fingerprint density at radius 3 is 2.12 bits per heavy atom. The molecule has 4 nitrogen and oxygen atoms in total. The molecule has 3 aromatic carbocycles. The Morgan fingerprint density at radius 2 is 1.40 bits per heavy atom. The highest BCUT2D eigenvalue weighted by molar-refractivity contribution is 5.94. The average molecular weight is 332 g/mol. The van der Waals surface area contributed by atoms with Gasteiger partial charge in [-0.1, -0.05) is 48.5 Å². The standard InChI is InChI=1S/C21H20N2O2/c1-15(24)22-13-16-6-10-19(11-7-16)21(25)23-14-17-8-9-18-4-2-3-5-20(18)12-17/h2-12H,13-14H2,1H3,(H,22,24)(H,23,25). The summed E-state index contributed by atoms with van der Waals surface area (Å²) in [5, 5.41) is 8.02. The Balaban J connectivity index is 1.60. The Labute approximate surface area is 146 Å². The molecule has 0 fully saturated rings. The number of rotatable bonds is 5. The van der Waals surface area contributed by atoms with E-state index >= 15 is 0 Å². The summed E-state index contributed by atoms with van der Waals surface area (Å²) < 4.78 is 0. The monoisotopic (exact) mass is 332 g/mol. The summed E-state index contributed by atoms with van der Waals surface area (Å²) in [4.78, 5) is 23.2. The number of carbonyl (C=O) groups is 2. The molecule has 0 aliphatic carbocycles. The van der Waals surface area contributed by atoms with Gasteiger partial charge in [0.1, 0.15) is 0 Å². The third-order valence-electron chi connectivity index (χ3n) is 4.02. The second-order valence-corrected chi connectivity index (χ2v) is 5.97. The van der Waals surface area contributed by atoms with Gasteiger partial charge in [-0.3, -0.25) is 9.59 Å². The molecule has 3 rings (SSSR count). The van der Waals surface area contributed by atoms with Crippen molar-refractivity contribution < 1.29 is 9.59 Å². The minimum Gasteiger partial charge on any atom is -0.352 e. The summed E-state index contributed by atoms with van der Waals surface area (Å²) in [6, 6.07) is 21.6. The maximum absolute atomic E-state index is 12.3. The molecular weight excluding hydrogens is 312 g/mol. The quantitative estimate of drug-likeness (QED) is 0.752. The zero-order valence-electron chi connectivity index (χ0n) is 14.1. The summed E-state index contributed by atoms with van der Waals surface area (Å²) in [6.07, 6.45) is 0. The molecule has 2 N–H and O–H groups in total. The smallest absolute Gasteiger partial charge is 0.251 e. The van der Waals surface area contributed by atoms with Crippen LogP contribution >= 0.6 is 0 Å². The van der Waals surface area contributed by atoms with E-state index in [0.717, 1.165) is 16.5 Å². The van der Waals surface area contributed by atoms with Crippen molar-refractivity contribution in [3.63, 3.8) is 0 Å². The van der Waals surface area contributed by atoms with E-state index in [1.165, 1.54) is 12.3 Å². The Hall–Kier alpha value is -3.14. The van der Waals surface area contributed by atoms with Crippen LogP contribution in [0, 0.1) is 0 Å². The minimum absolute atomic E-state index is 0.0720. The first-order valence-corrected chi connectivity index (χ1v) is 8.21. The van der Waals surface area contributed by atoms with Crippen molar-refractivity contribution in [1.82, 2.24) is 10.6 Å². The van der Waals surface area contributed by atoms with Crippen LogP contribution in [-0.4, -0.2) is 11.8 Å². The van der Waals surface area contributed by atoms with Gasteiger partial charge in [0.25, 0.3) is 5.91 Å². The molecule has 0 spiro atoms. The van der Waals surface area contributed by atoms with Crippen LogP contribution in [0.5, 0.6) is 0 Å². The van der Waals surface area contributed by atoms with E-state index in [9.17, 15) is 9.59 Å². The number of amides is 2. The van der Waals surface area contributed by atoms with E-state index in [2.05, 4.69) is 34.9 Å². The molecule has 4 heteroatoms. The summed E-state index contributed by atoms with van der Waals surface area (Å²) in [5.41, 5.74) is 2.63. The summed E-state index contributed by atoms with van der Waals surface area (Å²) in [6.45, 7) is 2.43. The summed E-state index contributed by atoms with van der Waals surface area (Å²) in [7, 11) is 0. The fourth-order valence-electron chi connectivity index (χ4n) is 2.63. The van der Waals surface area contributed by atoms with Crippen molar-refractivity contribution in [2.75, 3.05) is 0 Å². The van der Waals surface area contributed by atoms with Crippen molar-refractivity contribution in [2.24, 2.45) is 0 Å². The third-order valence-corrected chi connectivity index (χ3v) is 4.02. The van der Waals surface area contributed by atoms with E-state index in [1.807, 2.05) is 30.3 Å². The van der Waals surface area contributed by atoms with Gasteiger partial charge in [0.05, 0.1) is 0 Å². The molecular formula is C21H20N2O2. The largest absolute Gasteiger partial charge is 0.352 e. The van der Waals surface area contributed by atoms with Gasteiger partial charge in [0.2, 0.25) is 5.91 Å². The van der Waals surface area contributed by atoms with Crippen molar-refractivity contribution in [2.45, 2.75) is 20.0 Å². The normalized spacial score (nSPS) is 10.4. The molecule has 0 radical (unpaired) electrons. The Bertz CT molecular complexity index is 901. The van der Waals surface area contributed by atoms with Crippen LogP contribution in [-0.2, 0) is 17.9 Å². The number of nitrogens with one attached hydrogen (secondary N) is 2. The molecule has 0 saturated heterocycles. The minimum atomic E-state index is -0.112. The highest BCUT2D eigenvalue weighted by Gasteiger charge is 2.06. The highest BCUT2D eigenvalue weighted by Crippen LogP contribution is 2.15. The van der Waals surface area contributed by atoms with E-state index < -0.39 is 0 Å². The number of benzene rings is 3. The molecule has 3 aromatic rings. The number of fused-ring (bicyclic) bond motifs is 1. The molecule has 0 unspecified atom stereocenters. The predicted octanol–water partition coefficient (Wildman–Crippen LogP) is 3.41. The maximum atomic E-state index is 12.3. The van der Waals surface area contributed by atoms with Crippen molar-refractivity contribution in [1.29, 1.82) is 0 Å². The van der Waals surface area contributed by atoms with Crippen LogP contribution in [0.3, 0.4) is 0 Å². The average Bonchev–Trinajstić information content (AvgIpc) is 2.64. The van der Waals surface area contributed by atoms with E-state index in [4.69, 9.17) is 0 Å². The summed E-state index contributed by atoms with van der Waals surface area (Å²) in [5.74, 6) is -0.184. The SMILES string of the molecule is CC(=O)NCc1ccc(C(=O)NCc2ccc3ccccc3c2)cc1. The van der Waals surface area contributed by atoms with Gasteiger partial charge >= 0.3 is 0 Å². The van der Waals surface area contributed by atoms with E-state index in [-0.39, 0.29) is 11.8 Å². The lowest BCUT2D eigenvalue weighted by atomic mass is 10.1. The molecule has 0 saturated carbocycles. The zero-order valence-corrected chi connectivity index (χ0v) is 14.1.